The summed E-state index contributed by atoms with van der Waals surface area (Å²) in [5, 5.41) is 0. The fourth-order valence-corrected chi connectivity index (χ4v) is 1.60. The Morgan fingerprint density at radius 1 is 1.57 bits per heavy atom. The first-order chi connectivity index (χ1) is 6.56. The molecule has 0 aliphatic carbocycles. The Hall–Kier alpha value is -0.740. The Kier molecular flexibility index (Phi) is 3.77. The standard InChI is InChI=1S/C13H20O/c1-5-6-7-8-11(2)9-10-12-13(3,4)14-12/h1,8,12H,6-7,9-10H2,2-4H3/t12-/m0/s1. The van der Waals surface area contributed by atoms with Crippen molar-refractivity contribution in [1.29, 1.82) is 0 Å². The lowest BCUT2D eigenvalue weighted by Gasteiger charge is -1.99. The molecule has 0 spiro atoms. The summed E-state index contributed by atoms with van der Waals surface area (Å²) < 4.78 is 5.52. The van der Waals surface area contributed by atoms with Crippen molar-refractivity contribution in [3.05, 3.63) is 11.6 Å². The molecule has 78 valence electrons. The predicted molar refractivity (Wildman–Crippen MR) is 60.0 cm³/mol. The topological polar surface area (TPSA) is 12.5 Å². The Bertz CT molecular complexity index is 255. The van der Waals surface area contributed by atoms with E-state index < -0.39 is 0 Å². The van der Waals surface area contributed by atoms with Gasteiger partial charge in [0.25, 0.3) is 0 Å². The lowest BCUT2D eigenvalue weighted by atomic mass is 10.0. The van der Waals surface area contributed by atoms with Gasteiger partial charge in [-0.2, -0.15) is 0 Å². The zero-order valence-corrected chi connectivity index (χ0v) is 9.47. The molecule has 14 heavy (non-hydrogen) atoms. The van der Waals surface area contributed by atoms with Gasteiger partial charge in [-0.15, -0.1) is 12.3 Å². The van der Waals surface area contributed by atoms with Gasteiger partial charge in [0.15, 0.2) is 0 Å². The molecule has 0 unspecified atom stereocenters. The van der Waals surface area contributed by atoms with E-state index in [1.54, 1.807) is 0 Å². The minimum atomic E-state index is 0.138. The van der Waals surface area contributed by atoms with Crippen molar-refractivity contribution < 1.29 is 4.74 Å². The minimum absolute atomic E-state index is 0.138. The highest BCUT2D eigenvalue weighted by atomic mass is 16.6. The van der Waals surface area contributed by atoms with E-state index in [4.69, 9.17) is 11.2 Å². The van der Waals surface area contributed by atoms with Crippen molar-refractivity contribution in [3.63, 3.8) is 0 Å². The van der Waals surface area contributed by atoms with Gasteiger partial charge in [0.2, 0.25) is 0 Å². The molecule has 1 rings (SSSR count). The Labute approximate surface area is 87.5 Å². The molecule has 0 aromatic carbocycles. The first-order valence-electron chi connectivity index (χ1n) is 5.33. The van der Waals surface area contributed by atoms with Crippen molar-refractivity contribution >= 4 is 0 Å². The molecule has 0 radical (unpaired) electrons. The molecule has 0 saturated carbocycles. The van der Waals surface area contributed by atoms with Crippen LogP contribution in [0.4, 0.5) is 0 Å². The summed E-state index contributed by atoms with van der Waals surface area (Å²) in [4.78, 5) is 0. The van der Waals surface area contributed by atoms with E-state index in [0.717, 1.165) is 25.7 Å². The predicted octanol–water partition coefficient (Wildman–Crippen LogP) is 3.30. The van der Waals surface area contributed by atoms with Crippen molar-refractivity contribution in [3.8, 4) is 12.3 Å². The van der Waals surface area contributed by atoms with E-state index in [9.17, 15) is 0 Å². The SMILES string of the molecule is C#CCCC=C(C)CC[C@@H]1OC1(C)C. The largest absolute Gasteiger partial charge is 0.367 e. The van der Waals surface area contributed by atoms with Crippen LogP contribution in [0.15, 0.2) is 11.6 Å². The van der Waals surface area contributed by atoms with Gasteiger partial charge in [-0.1, -0.05) is 11.6 Å². The molecule has 1 heterocycles. The summed E-state index contributed by atoms with van der Waals surface area (Å²) in [5.74, 6) is 2.64. The number of epoxide rings is 1. The molecule has 1 fully saturated rings. The molecular weight excluding hydrogens is 172 g/mol. The van der Waals surface area contributed by atoms with E-state index in [1.807, 2.05) is 0 Å². The van der Waals surface area contributed by atoms with Gasteiger partial charge in [0.1, 0.15) is 0 Å². The monoisotopic (exact) mass is 192 g/mol. The van der Waals surface area contributed by atoms with Crippen LogP contribution in [0.25, 0.3) is 0 Å². The average Bonchev–Trinajstić information content (AvgIpc) is 2.71. The lowest BCUT2D eigenvalue weighted by Crippen LogP contribution is -2.02. The maximum absolute atomic E-state index is 5.52. The number of allylic oxidation sites excluding steroid dienone is 2. The van der Waals surface area contributed by atoms with Gasteiger partial charge in [-0.3, -0.25) is 0 Å². The Morgan fingerprint density at radius 2 is 2.21 bits per heavy atom. The van der Waals surface area contributed by atoms with Gasteiger partial charge in [0.05, 0.1) is 11.7 Å². The quantitative estimate of drug-likeness (QED) is 0.282. The zero-order valence-electron chi connectivity index (χ0n) is 9.47. The highest BCUT2D eigenvalue weighted by Crippen LogP contribution is 2.38. The summed E-state index contributed by atoms with van der Waals surface area (Å²) in [7, 11) is 0. The summed E-state index contributed by atoms with van der Waals surface area (Å²) in [6, 6.07) is 0. The number of ether oxygens (including phenoxy) is 1. The summed E-state index contributed by atoms with van der Waals surface area (Å²) in [6.45, 7) is 6.47. The van der Waals surface area contributed by atoms with Crippen molar-refractivity contribution in [2.75, 3.05) is 0 Å². The molecule has 1 nitrogen and oxygen atoms in total. The minimum Gasteiger partial charge on any atom is -0.367 e. The maximum Gasteiger partial charge on any atom is 0.0892 e. The van der Waals surface area contributed by atoms with Crippen molar-refractivity contribution in [1.82, 2.24) is 0 Å². The second kappa shape index (κ2) is 4.66. The lowest BCUT2D eigenvalue weighted by molar-refractivity contribution is 0.320. The normalized spacial score (nSPS) is 24.4. The molecule has 0 aromatic heterocycles. The summed E-state index contributed by atoms with van der Waals surface area (Å²) in [6.07, 6.45) is 12.0. The van der Waals surface area contributed by atoms with Crippen LogP contribution < -0.4 is 0 Å². The number of unbranched alkanes of at least 4 members (excludes halogenated alkanes) is 1. The van der Waals surface area contributed by atoms with Crippen LogP contribution in [-0.2, 0) is 4.74 Å². The van der Waals surface area contributed by atoms with Crippen LogP contribution in [0.5, 0.6) is 0 Å². The molecule has 1 aliphatic rings. The molecule has 0 N–H and O–H groups in total. The van der Waals surface area contributed by atoms with Crippen LogP contribution in [0.1, 0.15) is 46.5 Å². The Balaban J connectivity index is 2.13. The van der Waals surface area contributed by atoms with E-state index in [1.165, 1.54) is 5.57 Å². The molecule has 1 aliphatic heterocycles. The number of rotatable bonds is 5. The van der Waals surface area contributed by atoms with Gasteiger partial charge >= 0.3 is 0 Å². The highest BCUT2D eigenvalue weighted by molar-refractivity contribution is 5.03. The molecule has 1 heteroatoms. The van der Waals surface area contributed by atoms with Gasteiger partial charge in [-0.05, 0) is 40.0 Å². The first kappa shape index (κ1) is 11.3. The maximum atomic E-state index is 5.52. The van der Waals surface area contributed by atoms with Crippen LogP contribution in [0, 0.1) is 12.3 Å². The van der Waals surface area contributed by atoms with E-state index in [-0.39, 0.29) is 5.60 Å². The van der Waals surface area contributed by atoms with E-state index >= 15 is 0 Å². The molecule has 1 atom stereocenters. The first-order valence-corrected chi connectivity index (χ1v) is 5.33. The average molecular weight is 192 g/mol. The number of hydrogen-bond donors (Lipinski definition) is 0. The van der Waals surface area contributed by atoms with Crippen LogP contribution in [0.3, 0.4) is 0 Å². The Morgan fingerprint density at radius 3 is 2.71 bits per heavy atom. The van der Waals surface area contributed by atoms with Gasteiger partial charge < -0.3 is 4.74 Å². The third-order valence-corrected chi connectivity index (χ3v) is 2.75. The van der Waals surface area contributed by atoms with E-state index in [0.29, 0.717) is 6.10 Å². The number of hydrogen-bond acceptors (Lipinski definition) is 1. The second-order valence-corrected chi connectivity index (χ2v) is 4.54. The highest BCUT2D eigenvalue weighted by Gasteiger charge is 2.46. The zero-order chi connectivity index (χ0) is 10.6. The van der Waals surface area contributed by atoms with Crippen LogP contribution in [0.2, 0.25) is 0 Å². The third-order valence-electron chi connectivity index (χ3n) is 2.75. The second-order valence-electron chi connectivity index (χ2n) is 4.54. The number of terminal acetylenes is 1. The van der Waals surface area contributed by atoms with Crippen molar-refractivity contribution in [2.24, 2.45) is 0 Å². The van der Waals surface area contributed by atoms with Gasteiger partial charge in [-0.25, -0.2) is 0 Å². The van der Waals surface area contributed by atoms with Crippen LogP contribution >= 0.6 is 0 Å². The molecular formula is C13H20O. The molecule has 1 saturated heterocycles. The van der Waals surface area contributed by atoms with Gasteiger partial charge in [0, 0.05) is 6.42 Å². The molecule has 0 amide bonds. The molecule has 0 bridgehead atoms. The smallest absolute Gasteiger partial charge is 0.0892 e. The fourth-order valence-electron chi connectivity index (χ4n) is 1.60. The van der Waals surface area contributed by atoms with E-state index in [2.05, 4.69) is 32.8 Å². The van der Waals surface area contributed by atoms with Crippen LogP contribution in [-0.4, -0.2) is 11.7 Å². The molecule has 0 aromatic rings. The third kappa shape index (κ3) is 3.55. The fraction of sp³-hybridized carbons (Fsp3) is 0.692. The van der Waals surface area contributed by atoms with Crippen molar-refractivity contribution in [2.45, 2.75) is 58.2 Å². The summed E-state index contributed by atoms with van der Waals surface area (Å²) >= 11 is 0. The summed E-state index contributed by atoms with van der Waals surface area (Å²) in [5.41, 5.74) is 1.57.